The van der Waals surface area contributed by atoms with Crippen LogP contribution in [0.15, 0.2) is 23.6 Å². The Hall–Kier alpha value is -1.63. The van der Waals surface area contributed by atoms with E-state index in [9.17, 15) is 4.79 Å². The second-order valence-corrected chi connectivity index (χ2v) is 5.52. The maximum Gasteiger partial charge on any atom is 0.253 e. The molecule has 7 heteroatoms. The monoisotopic (exact) mass is 279 g/mol. The van der Waals surface area contributed by atoms with Crippen LogP contribution in [0.4, 0.5) is 0 Å². The smallest absolute Gasteiger partial charge is 0.253 e. The minimum absolute atomic E-state index is 0.0115. The number of aromatic nitrogens is 4. The highest BCUT2D eigenvalue weighted by Gasteiger charge is 2.08. The first kappa shape index (κ1) is 13.8. The van der Waals surface area contributed by atoms with Crippen molar-refractivity contribution in [3.63, 3.8) is 0 Å². The predicted molar refractivity (Wildman–Crippen MR) is 74.0 cm³/mol. The topological polar surface area (TPSA) is 72.2 Å². The van der Waals surface area contributed by atoms with Crippen molar-refractivity contribution in [3.05, 3.63) is 18.5 Å². The highest BCUT2D eigenvalue weighted by molar-refractivity contribution is 7.99. The molecule has 1 amide bonds. The van der Waals surface area contributed by atoms with E-state index < -0.39 is 0 Å². The van der Waals surface area contributed by atoms with Crippen molar-refractivity contribution in [2.24, 2.45) is 5.92 Å². The summed E-state index contributed by atoms with van der Waals surface area (Å²) in [6.07, 6.45) is 4.44. The first-order valence-electron chi connectivity index (χ1n) is 6.22. The van der Waals surface area contributed by atoms with Gasteiger partial charge in [-0.1, -0.05) is 25.6 Å². The second kappa shape index (κ2) is 6.51. The van der Waals surface area contributed by atoms with E-state index in [0.717, 1.165) is 13.0 Å². The molecule has 0 aliphatic rings. The standard InChI is InChI=1S/C12H17N5OS/c1-9(2)4-6-13-10(18)8-19-12-15-11-14-5-3-7-17(11)16-12/h3,5,7,9H,4,6,8H2,1-2H3,(H,13,18). The molecule has 0 aliphatic carbocycles. The normalized spacial score (nSPS) is 11.1. The van der Waals surface area contributed by atoms with Gasteiger partial charge < -0.3 is 5.32 Å². The molecular weight excluding hydrogens is 262 g/mol. The van der Waals surface area contributed by atoms with E-state index >= 15 is 0 Å². The van der Waals surface area contributed by atoms with Gasteiger partial charge in [-0.2, -0.15) is 4.98 Å². The number of thioether (sulfide) groups is 1. The van der Waals surface area contributed by atoms with E-state index in [0.29, 0.717) is 22.6 Å². The lowest BCUT2D eigenvalue weighted by atomic mass is 10.1. The Bertz CT molecular complexity index is 521. The third-order valence-electron chi connectivity index (χ3n) is 2.47. The molecule has 2 aromatic heterocycles. The van der Waals surface area contributed by atoms with Gasteiger partial charge in [0.2, 0.25) is 11.1 Å². The number of nitrogens with zero attached hydrogens (tertiary/aromatic N) is 4. The van der Waals surface area contributed by atoms with E-state index in [1.165, 1.54) is 11.8 Å². The minimum Gasteiger partial charge on any atom is -0.355 e. The number of nitrogens with one attached hydrogen (secondary N) is 1. The average molecular weight is 279 g/mol. The zero-order valence-electron chi connectivity index (χ0n) is 11.0. The third-order valence-corrected chi connectivity index (χ3v) is 3.31. The van der Waals surface area contributed by atoms with Gasteiger partial charge in [0, 0.05) is 18.9 Å². The molecule has 0 saturated heterocycles. The Labute approximate surface area is 116 Å². The third kappa shape index (κ3) is 4.20. The highest BCUT2D eigenvalue weighted by atomic mass is 32.2. The van der Waals surface area contributed by atoms with Crippen LogP contribution in [-0.4, -0.2) is 37.8 Å². The predicted octanol–water partition coefficient (Wildman–Crippen LogP) is 1.38. The molecule has 6 nitrogen and oxygen atoms in total. The number of hydrogen-bond acceptors (Lipinski definition) is 5. The van der Waals surface area contributed by atoms with E-state index in [1.807, 2.05) is 0 Å². The minimum atomic E-state index is 0.0115. The number of carbonyl (C=O) groups is 1. The van der Waals surface area contributed by atoms with Crippen molar-refractivity contribution in [1.29, 1.82) is 0 Å². The quantitative estimate of drug-likeness (QED) is 0.809. The molecule has 19 heavy (non-hydrogen) atoms. The van der Waals surface area contributed by atoms with Crippen molar-refractivity contribution in [1.82, 2.24) is 24.9 Å². The Morgan fingerprint density at radius 3 is 3.11 bits per heavy atom. The van der Waals surface area contributed by atoms with Crippen LogP contribution in [0.5, 0.6) is 0 Å². The molecule has 0 spiro atoms. The average Bonchev–Trinajstić information content (AvgIpc) is 2.78. The number of carbonyl (C=O) groups excluding carboxylic acids is 1. The molecule has 0 atom stereocenters. The maximum atomic E-state index is 11.6. The van der Waals surface area contributed by atoms with E-state index in [4.69, 9.17) is 0 Å². The molecule has 1 N–H and O–H groups in total. The molecule has 0 saturated carbocycles. The Morgan fingerprint density at radius 2 is 2.37 bits per heavy atom. The van der Waals surface area contributed by atoms with Gasteiger partial charge in [-0.25, -0.2) is 9.50 Å². The SMILES string of the molecule is CC(C)CCNC(=O)CSc1nc2ncccn2n1. The summed E-state index contributed by atoms with van der Waals surface area (Å²) >= 11 is 1.32. The van der Waals surface area contributed by atoms with E-state index in [2.05, 4.69) is 34.2 Å². The molecule has 0 aliphatic heterocycles. The van der Waals surface area contributed by atoms with Crippen LogP contribution in [0.25, 0.3) is 5.78 Å². The lowest BCUT2D eigenvalue weighted by Crippen LogP contribution is -2.26. The zero-order valence-corrected chi connectivity index (χ0v) is 11.9. The van der Waals surface area contributed by atoms with Gasteiger partial charge in [-0.3, -0.25) is 4.79 Å². The summed E-state index contributed by atoms with van der Waals surface area (Å²) in [6.45, 7) is 4.99. The van der Waals surface area contributed by atoms with Crippen molar-refractivity contribution >= 4 is 23.4 Å². The van der Waals surface area contributed by atoms with Crippen LogP contribution in [-0.2, 0) is 4.79 Å². The van der Waals surface area contributed by atoms with Gasteiger partial charge in [0.1, 0.15) is 0 Å². The van der Waals surface area contributed by atoms with Crippen LogP contribution < -0.4 is 5.32 Å². The highest BCUT2D eigenvalue weighted by Crippen LogP contribution is 2.12. The number of rotatable bonds is 6. The van der Waals surface area contributed by atoms with Crippen LogP contribution in [0.2, 0.25) is 0 Å². The molecule has 0 aromatic carbocycles. The number of fused-ring (bicyclic) bond motifs is 1. The van der Waals surface area contributed by atoms with Crippen LogP contribution in [0, 0.1) is 5.92 Å². The van der Waals surface area contributed by atoms with Gasteiger partial charge in [0.15, 0.2) is 0 Å². The summed E-state index contributed by atoms with van der Waals surface area (Å²) in [5.74, 6) is 1.48. The van der Waals surface area contributed by atoms with E-state index in [-0.39, 0.29) is 5.91 Å². The summed E-state index contributed by atoms with van der Waals surface area (Å²) in [5, 5.41) is 7.67. The summed E-state index contributed by atoms with van der Waals surface area (Å²) in [6, 6.07) is 1.79. The number of hydrogen-bond donors (Lipinski definition) is 1. The summed E-state index contributed by atoms with van der Waals surface area (Å²) in [4.78, 5) is 19.9. The molecule has 0 unspecified atom stereocenters. The van der Waals surface area contributed by atoms with Crippen LogP contribution in [0.3, 0.4) is 0 Å². The zero-order chi connectivity index (χ0) is 13.7. The molecule has 0 radical (unpaired) electrons. The van der Waals surface area contributed by atoms with Crippen molar-refractivity contribution < 1.29 is 4.79 Å². The van der Waals surface area contributed by atoms with Crippen LogP contribution in [0.1, 0.15) is 20.3 Å². The first-order chi connectivity index (χ1) is 9.15. The largest absolute Gasteiger partial charge is 0.355 e. The Balaban J connectivity index is 1.80. The molecule has 2 rings (SSSR count). The summed E-state index contributed by atoms with van der Waals surface area (Å²) in [5.41, 5.74) is 0. The van der Waals surface area contributed by atoms with E-state index in [1.54, 1.807) is 23.0 Å². The molecule has 102 valence electrons. The van der Waals surface area contributed by atoms with Gasteiger partial charge in [0.05, 0.1) is 5.75 Å². The van der Waals surface area contributed by atoms with Crippen molar-refractivity contribution in [2.45, 2.75) is 25.4 Å². The summed E-state index contributed by atoms with van der Waals surface area (Å²) < 4.78 is 1.60. The molecule has 2 heterocycles. The fourth-order valence-corrected chi connectivity index (χ4v) is 2.11. The fraction of sp³-hybridized carbons (Fsp3) is 0.500. The Morgan fingerprint density at radius 1 is 1.53 bits per heavy atom. The molecule has 0 fully saturated rings. The Kier molecular flexibility index (Phi) is 4.73. The number of amides is 1. The van der Waals surface area contributed by atoms with Crippen molar-refractivity contribution in [2.75, 3.05) is 12.3 Å². The summed E-state index contributed by atoms with van der Waals surface area (Å²) in [7, 11) is 0. The fourth-order valence-electron chi connectivity index (χ4n) is 1.46. The lowest BCUT2D eigenvalue weighted by Gasteiger charge is -2.05. The van der Waals surface area contributed by atoms with Gasteiger partial charge in [-0.05, 0) is 18.4 Å². The first-order valence-corrected chi connectivity index (χ1v) is 7.20. The van der Waals surface area contributed by atoms with Crippen LogP contribution >= 0.6 is 11.8 Å². The maximum absolute atomic E-state index is 11.6. The van der Waals surface area contributed by atoms with Gasteiger partial charge in [-0.15, -0.1) is 5.10 Å². The van der Waals surface area contributed by atoms with Gasteiger partial charge in [0.25, 0.3) is 5.78 Å². The lowest BCUT2D eigenvalue weighted by molar-refractivity contribution is -0.118. The van der Waals surface area contributed by atoms with Gasteiger partial charge >= 0.3 is 0 Å². The molecule has 0 bridgehead atoms. The second-order valence-electron chi connectivity index (χ2n) is 4.58. The molecule has 2 aromatic rings. The molecular formula is C12H17N5OS. The van der Waals surface area contributed by atoms with Crippen molar-refractivity contribution in [3.8, 4) is 0 Å².